The van der Waals surface area contributed by atoms with Gasteiger partial charge in [0.15, 0.2) is 10.5 Å². The Morgan fingerprint density at radius 3 is 2.64 bits per heavy atom. The lowest BCUT2D eigenvalue weighted by molar-refractivity contribution is -0.175. The second-order valence-electron chi connectivity index (χ2n) is 6.56. The highest BCUT2D eigenvalue weighted by Gasteiger charge is 2.38. The number of methoxy groups -OCH3 is 1. The topological polar surface area (TPSA) is 135 Å². The number of hydrogen-bond acceptors (Lipinski definition) is 9. The number of carbonyl (C=O) groups is 1. The van der Waals surface area contributed by atoms with E-state index in [0.29, 0.717) is 0 Å². The van der Waals surface area contributed by atoms with E-state index in [0.717, 1.165) is 4.57 Å². The maximum atomic E-state index is 11.7. The third-order valence-electron chi connectivity index (χ3n) is 3.83. The molecule has 0 aliphatic heterocycles. The summed E-state index contributed by atoms with van der Waals surface area (Å²) >= 11 is 5.03. The molecule has 1 aromatic heterocycles. The van der Waals surface area contributed by atoms with E-state index < -0.39 is 35.5 Å². The monoisotopic (exact) mass is 437 g/mol. The molecule has 28 heavy (non-hydrogen) atoms. The molecule has 0 spiro atoms. The summed E-state index contributed by atoms with van der Waals surface area (Å²) in [6, 6.07) is 0.618. The molecule has 160 valence electrons. The summed E-state index contributed by atoms with van der Waals surface area (Å²) in [5.74, 6) is -0.398. The van der Waals surface area contributed by atoms with Gasteiger partial charge in [0.25, 0.3) is 5.56 Å². The second kappa shape index (κ2) is 11.1. The van der Waals surface area contributed by atoms with Gasteiger partial charge in [0, 0.05) is 19.4 Å². The molecule has 5 atom stereocenters. The number of nitrogens with one attached hydrogen (secondary N) is 2. The van der Waals surface area contributed by atoms with Crippen molar-refractivity contribution < 1.29 is 29.0 Å². The minimum atomic E-state index is -1.86. The van der Waals surface area contributed by atoms with Crippen molar-refractivity contribution in [2.45, 2.75) is 57.8 Å². The zero-order chi connectivity index (χ0) is 21.5. The van der Waals surface area contributed by atoms with Crippen LogP contribution in [-0.2, 0) is 24.5 Å². The third kappa shape index (κ3) is 7.00. The van der Waals surface area contributed by atoms with Crippen molar-refractivity contribution in [3.8, 4) is 0 Å². The third-order valence-corrected chi connectivity index (χ3v) is 4.99. The Morgan fingerprint density at radius 2 is 2.11 bits per heavy atom. The first-order valence-electron chi connectivity index (χ1n) is 8.59. The summed E-state index contributed by atoms with van der Waals surface area (Å²) in [5.41, 5.74) is -2.29. The van der Waals surface area contributed by atoms with E-state index in [-0.39, 0.29) is 26.4 Å². The lowest BCUT2D eigenvalue weighted by atomic mass is 10.0. The second-order valence-corrected chi connectivity index (χ2v) is 7.73. The molecule has 1 rings (SSSR count). The van der Waals surface area contributed by atoms with Gasteiger partial charge in [-0.1, -0.05) is 0 Å². The number of H-pyrrole nitrogens is 1. The molecule has 0 aromatic carbocycles. The van der Waals surface area contributed by atoms with E-state index in [2.05, 4.69) is 10.1 Å². The first-order chi connectivity index (χ1) is 13.0. The molecule has 0 aliphatic rings. The van der Waals surface area contributed by atoms with Crippen LogP contribution < -0.4 is 10.6 Å². The first-order valence-corrected chi connectivity index (χ1v) is 9.90. The number of ether oxygens (including phenoxy) is 2. The van der Waals surface area contributed by atoms with Gasteiger partial charge in [-0.15, -0.1) is 0 Å². The minimum absolute atomic E-state index is 0.0478. The normalized spacial score (nSPS) is 17.4. The predicted octanol–water partition coefficient (Wildman–Crippen LogP) is 0.402. The molecular formula is C16H28N3O7PS. The van der Waals surface area contributed by atoms with Crippen LogP contribution in [0, 0.1) is 4.77 Å². The van der Waals surface area contributed by atoms with Gasteiger partial charge in [-0.3, -0.25) is 24.2 Å². The Bertz CT molecular complexity index is 752. The van der Waals surface area contributed by atoms with Crippen molar-refractivity contribution >= 4 is 27.1 Å². The Kier molecular flexibility index (Phi) is 9.85. The molecule has 0 aliphatic carbocycles. The standard InChI is InChI=1S/C16H28N3O7PS/c1-9(2)26-14(22)10(3)18-27-25-8-11(24-5)13(21)16(4,23)19-7-6-12(20)17-15(19)28/h6-7,9-11,13,18,21,23,27H,8H2,1-5H3,(H,17,20,28). The molecule has 0 amide bonds. The van der Waals surface area contributed by atoms with Crippen LogP contribution >= 0.6 is 21.2 Å². The van der Waals surface area contributed by atoms with E-state index >= 15 is 0 Å². The highest BCUT2D eigenvalue weighted by Crippen LogP contribution is 2.22. The van der Waals surface area contributed by atoms with Crippen molar-refractivity contribution in [2.75, 3.05) is 13.7 Å². The van der Waals surface area contributed by atoms with E-state index in [9.17, 15) is 19.8 Å². The van der Waals surface area contributed by atoms with Crippen molar-refractivity contribution in [1.29, 1.82) is 0 Å². The van der Waals surface area contributed by atoms with Gasteiger partial charge in [-0.2, -0.15) is 0 Å². The largest absolute Gasteiger partial charge is 0.462 e. The van der Waals surface area contributed by atoms with Crippen LogP contribution in [0.1, 0.15) is 27.7 Å². The molecule has 5 unspecified atom stereocenters. The molecular weight excluding hydrogens is 409 g/mol. The zero-order valence-electron chi connectivity index (χ0n) is 16.5. The van der Waals surface area contributed by atoms with E-state index in [1.807, 2.05) is 0 Å². The summed E-state index contributed by atoms with van der Waals surface area (Å²) in [6.07, 6.45) is -1.27. The highest BCUT2D eigenvalue weighted by molar-refractivity contribution is 7.71. The number of aromatic amines is 1. The lowest BCUT2D eigenvalue weighted by Crippen LogP contribution is -2.51. The Hall–Kier alpha value is -1.20. The van der Waals surface area contributed by atoms with Gasteiger partial charge in [-0.25, -0.2) is 0 Å². The number of aliphatic hydroxyl groups is 2. The molecule has 10 nitrogen and oxygen atoms in total. The minimum Gasteiger partial charge on any atom is -0.462 e. The fourth-order valence-corrected chi connectivity index (χ4v) is 3.18. The summed E-state index contributed by atoms with van der Waals surface area (Å²) in [5, 5.41) is 24.2. The van der Waals surface area contributed by atoms with Gasteiger partial charge < -0.3 is 24.2 Å². The molecule has 0 fully saturated rings. The number of nitrogens with zero attached hydrogens (tertiary/aromatic N) is 1. The van der Waals surface area contributed by atoms with Gasteiger partial charge in [-0.05, 0) is 39.9 Å². The fraction of sp³-hybridized carbons (Fsp3) is 0.688. The molecule has 12 heteroatoms. The van der Waals surface area contributed by atoms with Crippen LogP contribution in [0.5, 0.6) is 0 Å². The fourth-order valence-electron chi connectivity index (χ4n) is 2.20. The number of rotatable bonds is 11. The van der Waals surface area contributed by atoms with E-state index in [4.69, 9.17) is 26.2 Å². The Morgan fingerprint density at radius 1 is 1.46 bits per heavy atom. The van der Waals surface area contributed by atoms with E-state index in [1.165, 1.54) is 26.3 Å². The van der Waals surface area contributed by atoms with Crippen molar-refractivity contribution in [3.05, 3.63) is 27.4 Å². The summed E-state index contributed by atoms with van der Waals surface area (Å²) in [7, 11) is 1.10. The average molecular weight is 437 g/mol. The predicted molar refractivity (Wildman–Crippen MR) is 107 cm³/mol. The SMILES string of the molecule is COC(COPNC(C)C(=O)OC(C)C)C(O)C(C)(O)n1ccc(=O)[nH]c1=S. The molecule has 0 saturated heterocycles. The number of aliphatic hydroxyl groups excluding tert-OH is 1. The number of carbonyl (C=O) groups excluding carboxylic acids is 1. The smallest absolute Gasteiger partial charge is 0.323 e. The van der Waals surface area contributed by atoms with Crippen LogP contribution in [0.3, 0.4) is 0 Å². The van der Waals surface area contributed by atoms with Crippen LogP contribution in [0.4, 0.5) is 0 Å². The van der Waals surface area contributed by atoms with E-state index in [1.54, 1.807) is 20.8 Å². The lowest BCUT2D eigenvalue weighted by Gasteiger charge is -2.35. The average Bonchev–Trinajstić information content (AvgIpc) is 2.60. The van der Waals surface area contributed by atoms with Crippen LogP contribution in [-0.4, -0.2) is 63.8 Å². The van der Waals surface area contributed by atoms with Crippen LogP contribution in [0.2, 0.25) is 0 Å². The summed E-state index contributed by atoms with van der Waals surface area (Å²) in [4.78, 5) is 25.4. The van der Waals surface area contributed by atoms with Gasteiger partial charge in [0.05, 0.1) is 21.7 Å². The summed E-state index contributed by atoms with van der Waals surface area (Å²) < 4.78 is 16.8. The molecule has 0 radical (unpaired) electrons. The highest BCUT2D eigenvalue weighted by atomic mass is 32.1. The Balaban J connectivity index is 2.65. The van der Waals surface area contributed by atoms with Gasteiger partial charge >= 0.3 is 5.97 Å². The number of hydrogen-bond donors (Lipinski definition) is 4. The number of aromatic nitrogens is 2. The van der Waals surface area contributed by atoms with Crippen molar-refractivity contribution in [1.82, 2.24) is 14.6 Å². The first kappa shape index (κ1) is 24.8. The molecule has 1 heterocycles. The number of esters is 1. The van der Waals surface area contributed by atoms with Crippen molar-refractivity contribution in [2.24, 2.45) is 0 Å². The zero-order valence-corrected chi connectivity index (χ0v) is 18.3. The molecule has 1 aromatic rings. The molecule has 0 saturated carbocycles. The maximum absolute atomic E-state index is 11.7. The van der Waals surface area contributed by atoms with Gasteiger partial charge in [0.1, 0.15) is 18.2 Å². The van der Waals surface area contributed by atoms with Crippen molar-refractivity contribution in [3.63, 3.8) is 0 Å². The van der Waals surface area contributed by atoms with Gasteiger partial charge in [0.2, 0.25) is 0 Å². The van der Waals surface area contributed by atoms with Crippen LogP contribution in [0.15, 0.2) is 17.1 Å². The quantitative estimate of drug-likeness (QED) is 0.168. The molecule has 0 bridgehead atoms. The Labute approximate surface area is 170 Å². The van der Waals surface area contributed by atoms with Crippen LogP contribution in [0.25, 0.3) is 0 Å². The molecule has 4 N–H and O–H groups in total. The summed E-state index contributed by atoms with van der Waals surface area (Å²) in [6.45, 7) is 6.43. The maximum Gasteiger partial charge on any atom is 0.323 e.